The highest BCUT2D eigenvalue weighted by atomic mass is 35.5. The van der Waals surface area contributed by atoms with Crippen LogP contribution in [0.4, 0.5) is 5.88 Å². The Morgan fingerprint density at radius 1 is 1.35 bits per heavy atom. The summed E-state index contributed by atoms with van der Waals surface area (Å²) in [7, 11) is 0. The number of carbonyl (C=O) groups is 1. The lowest BCUT2D eigenvalue weighted by molar-refractivity contribution is -0.682. The summed E-state index contributed by atoms with van der Waals surface area (Å²) in [5.41, 5.74) is 1.82. The fourth-order valence-electron chi connectivity index (χ4n) is 2.06. The second-order valence-corrected chi connectivity index (χ2v) is 7.09. The van der Waals surface area contributed by atoms with Crippen molar-refractivity contribution in [2.24, 2.45) is 0 Å². The van der Waals surface area contributed by atoms with Crippen LogP contribution >= 0.6 is 11.6 Å². The molecule has 2 rings (SSSR count). The van der Waals surface area contributed by atoms with E-state index in [2.05, 4.69) is 10.5 Å². The Morgan fingerprint density at radius 2 is 2.00 bits per heavy atom. The van der Waals surface area contributed by atoms with Gasteiger partial charge < -0.3 is 9.84 Å². The van der Waals surface area contributed by atoms with Gasteiger partial charge in [0.1, 0.15) is 6.04 Å². The van der Waals surface area contributed by atoms with Crippen LogP contribution in [0.15, 0.2) is 34.9 Å². The van der Waals surface area contributed by atoms with Gasteiger partial charge in [-0.05, 0) is 19.1 Å². The van der Waals surface area contributed by atoms with Gasteiger partial charge in [0.05, 0.1) is 5.69 Å². The molecule has 0 aliphatic carbocycles. The third kappa shape index (κ3) is 5.08. The number of hydrogen-bond donors (Lipinski definition) is 2. The molecule has 3 N–H and O–H groups in total. The van der Waals surface area contributed by atoms with Crippen molar-refractivity contribution < 1.29 is 14.6 Å². The number of benzene rings is 1. The molecule has 1 amide bonds. The van der Waals surface area contributed by atoms with Gasteiger partial charge in [-0.1, -0.05) is 49.7 Å². The molecule has 6 heteroatoms. The third-order valence-corrected chi connectivity index (χ3v) is 3.85. The van der Waals surface area contributed by atoms with Crippen molar-refractivity contribution in [2.45, 2.75) is 39.2 Å². The Hall–Kier alpha value is -1.85. The molecule has 0 radical (unpaired) electrons. The average molecular weight is 337 g/mol. The van der Waals surface area contributed by atoms with Crippen molar-refractivity contribution in [1.82, 2.24) is 5.16 Å². The zero-order chi connectivity index (χ0) is 17.0. The number of hydrogen-bond acceptors (Lipinski definition) is 3. The molecule has 0 unspecified atom stereocenters. The van der Waals surface area contributed by atoms with Crippen LogP contribution in [0.3, 0.4) is 0 Å². The Kier molecular flexibility index (Phi) is 5.44. The van der Waals surface area contributed by atoms with E-state index in [1.54, 1.807) is 6.07 Å². The third-order valence-electron chi connectivity index (χ3n) is 3.59. The molecule has 0 fully saturated rings. The molecule has 1 atom stereocenters. The number of carbonyl (C=O) groups excluding carboxylic acids is 1. The molecule has 0 spiro atoms. The molecule has 0 saturated heterocycles. The van der Waals surface area contributed by atoms with Gasteiger partial charge in [0.2, 0.25) is 5.88 Å². The van der Waals surface area contributed by atoms with Crippen LogP contribution in [0.25, 0.3) is 0 Å². The van der Waals surface area contributed by atoms with E-state index in [1.165, 1.54) is 0 Å². The van der Waals surface area contributed by atoms with E-state index >= 15 is 0 Å². The number of nitrogens with zero attached hydrogens (tertiary/aromatic N) is 1. The van der Waals surface area contributed by atoms with Gasteiger partial charge in [0.15, 0.2) is 6.54 Å². The first-order valence-electron chi connectivity index (χ1n) is 7.61. The van der Waals surface area contributed by atoms with E-state index in [-0.39, 0.29) is 17.4 Å². The van der Waals surface area contributed by atoms with Crippen molar-refractivity contribution in [1.29, 1.82) is 0 Å². The number of nitrogens with one attached hydrogen (secondary N) is 1. The van der Waals surface area contributed by atoms with Crippen molar-refractivity contribution in [3.63, 3.8) is 0 Å². The molecule has 1 aromatic carbocycles. The van der Waals surface area contributed by atoms with Crippen LogP contribution in [0.2, 0.25) is 5.02 Å². The molecule has 0 bridgehead atoms. The summed E-state index contributed by atoms with van der Waals surface area (Å²) in [5.74, 6) is 0.259. The smallest absolute Gasteiger partial charge is 0.281 e. The van der Waals surface area contributed by atoms with E-state index in [4.69, 9.17) is 16.1 Å². The molecule has 124 valence electrons. The SMILES string of the molecule is C[C@@H]([NH2+]CC(=O)Nc1cc(C(C)(C)C)no1)c1ccc(Cl)cc1. The zero-order valence-corrected chi connectivity index (χ0v) is 14.6. The Morgan fingerprint density at radius 3 is 2.57 bits per heavy atom. The molecular weight excluding hydrogens is 314 g/mol. The summed E-state index contributed by atoms with van der Waals surface area (Å²) < 4.78 is 5.16. The molecule has 23 heavy (non-hydrogen) atoms. The molecule has 2 aromatic rings. The molecule has 1 heterocycles. The number of anilines is 1. The summed E-state index contributed by atoms with van der Waals surface area (Å²) in [4.78, 5) is 12.0. The van der Waals surface area contributed by atoms with Crippen LogP contribution in [-0.4, -0.2) is 17.6 Å². The van der Waals surface area contributed by atoms with Gasteiger partial charge in [0, 0.05) is 22.1 Å². The number of aromatic nitrogens is 1. The lowest BCUT2D eigenvalue weighted by Crippen LogP contribution is -2.86. The number of amides is 1. The maximum absolute atomic E-state index is 12.0. The predicted octanol–water partition coefficient (Wildman–Crippen LogP) is 2.89. The van der Waals surface area contributed by atoms with Crippen LogP contribution < -0.4 is 10.6 Å². The highest BCUT2D eigenvalue weighted by molar-refractivity contribution is 6.30. The average Bonchev–Trinajstić information content (AvgIpc) is 2.94. The molecule has 0 aliphatic rings. The molecular formula is C17H23ClN3O2+. The van der Waals surface area contributed by atoms with Gasteiger partial charge in [-0.3, -0.25) is 10.1 Å². The topological polar surface area (TPSA) is 71.7 Å². The molecule has 5 nitrogen and oxygen atoms in total. The van der Waals surface area contributed by atoms with Gasteiger partial charge in [-0.25, -0.2) is 0 Å². The maximum atomic E-state index is 12.0. The molecule has 0 aliphatic heterocycles. The lowest BCUT2D eigenvalue weighted by atomic mass is 9.92. The first kappa shape index (κ1) is 17.5. The fraction of sp³-hybridized carbons (Fsp3) is 0.412. The van der Waals surface area contributed by atoms with Crippen LogP contribution in [0.5, 0.6) is 0 Å². The minimum atomic E-state index is -0.123. The number of quaternary nitrogens is 1. The Balaban J connectivity index is 1.85. The minimum Gasteiger partial charge on any atom is -0.338 e. The minimum absolute atomic E-state index is 0.109. The van der Waals surface area contributed by atoms with Crippen LogP contribution in [-0.2, 0) is 10.2 Å². The van der Waals surface area contributed by atoms with E-state index in [1.807, 2.05) is 57.3 Å². The van der Waals surface area contributed by atoms with Crippen molar-refractivity contribution in [3.05, 3.63) is 46.6 Å². The zero-order valence-electron chi connectivity index (χ0n) is 13.9. The monoisotopic (exact) mass is 336 g/mol. The van der Waals surface area contributed by atoms with Crippen molar-refractivity contribution >= 4 is 23.4 Å². The van der Waals surface area contributed by atoms with Crippen molar-refractivity contribution in [3.8, 4) is 0 Å². The van der Waals surface area contributed by atoms with Gasteiger partial charge in [-0.2, -0.15) is 0 Å². The second kappa shape index (κ2) is 7.15. The van der Waals surface area contributed by atoms with E-state index < -0.39 is 0 Å². The lowest BCUT2D eigenvalue weighted by Gasteiger charge is -2.12. The summed E-state index contributed by atoms with van der Waals surface area (Å²) in [5, 5.41) is 9.37. The van der Waals surface area contributed by atoms with E-state index in [9.17, 15) is 4.79 Å². The summed E-state index contributed by atoms with van der Waals surface area (Å²) >= 11 is 5.88. The van der Waals surface area contributed by atoms with Crippen LogP contribution in [0.1, 0.15) is 45.0 Å². The van der Waals surface area contributed by atoms with E-state index in [0.29, 0.717) is 17.5 Å². The normalized spacial score (nSPS) is 12.9. The molecule has 0 saturated carbocycles. The number of rotatable bonds is 5. The van der Waals surface area contributed by atoms with Crippen molar-refractivity contribution in [2.75, 3.05) is 11.9 Å². The second-order valence-electron chi connectivity index (χ2n) is 6.65. The number of halogens is 1. The van der Waals surface area contributed by atoms with Gasteiger partial charge >= 0.3 is 0 Å². The highest BCUT2D eigenvalue weighted by Gasteiger charge is 2.20. The van der Waals surface area contributed by atoms with Gasteiger partial charge in [-0.15, -0.1) is 0 Å². The molecule has 1 aromatic heterocycles. The first-order chi connectivity index (χ1) is 10.8. The van der Waals surface area contributed by atoms with E-state index in [0.717, 1.165) is 11.3 Å². The predicted molar refractivity (Wildman–Crippen MR) is 90.5 cm³/mol. The van der Waals surface area contributed by atoms with Crippen LogP contribution in [0, 0.1) is 0 Å². The first-order valence-corrected chi connectivity index (χ1v) is 7.99. The Labute approximate surface area is 141 Å². The summed E-state index contributed by atoms with van der Waals surface area (Å²) in [6.45, 7) is 8.46. The summed E-state index contributed by atoms with van der Waals surface area (Å²) in [6, 6.07) is 9.56. The fourth-order valence-corrected chi connectivity index (χ4v) is 2.19. The standard InChI is InChI=1S/C17H22ClN3O2/c1-11(12-5-7-13(18)8-6-12)19-10-15(22)20-16-9-14(21-23-16)17(2,3)4/h5-9,11,19H,10H2,1-4H3,(H,20,22)/p+1/t11-/m1/s1. The quantitative estimate of drug-likeness (QED) is 0.881. The maximum Gasteiger partial charge on any atom is 0.281 e. The van der Waals surface area contributed by atoms with Gasteiger partial charge in [0.25, 0.3) is 5.91 Å². The summed E-state index contributed by atoms with van der Waals surface area (Å²) in [6.07, 6.45) is 0. The number of nitrogens with two attached hydrogens (primary N) is 1. The Bertz CT molecular complexity index is 659. The largest absolute Gasteiger partial charge is 0.338 e. The highest BCUT2D eigenvalue weighted by Crippen LogP contribution is 2.23.